The van der Waals surface area contributed by atoms with Crippen molar-refractivity contribution in [3.8, 4) is 6.07 Å². The first-order chi connectivity index (χ1) is 6.76. The van der Waals surface area contributed by atoms with Gasteiger partial charge in [0.25, 0.3) is 0 Å². The van der Waals surface area contributed by atoms with E-state index >= 15 is 0 Å². The van der Waals surface area contributed by atoms with Crippen LogP contribution in [-0.4, -0.2) is 35.7 Å². The summed E-state index contributed by atoms with van der Waals surface area (Å²) in [5.41, 5.74) is 0. The summed E-state index contributed by atoms with van der Waals surface area (Å²) in [6, 6.07) is 2.11. The van der Waals surface area contributed by atoms with Crippen molar-refractivity contribution < 1.29 is 0 Å². The summed E-state index contributed by atoms with van der Waals surface area (Å²) in [6.45, 7) is 1.52. The quantitative estimate of drug-likeness (QED) is 0.784. The maximum atomic E-state index is 8.41. The van der Waals surface area contributed by atoms with Gasteiger partial charge in [0.15, 0.2) is 0 Å². The Morgan fingerprint density at radius 1 is 1.57 bits per heavy atom. The van der Waals surface area contributed by atoms with Crippen LogP contribution in [0, 0.1) is 11.3 Å². The molecule has 1 rings (SSSR count). The first kappa shape index (κ1) is 10.9. The van der Waals surface area contributed by atoms with Crippen molar-refractivity contribution in [1.82, 2.24) is 15.1 Å². The number of nitrogens with zero attached hydrogens (tertiary/aromatic N) is 4. The van der Waals surface area contributed by atoms with Gasteiger partial charge in [-0.25, -0.2) is 0 Å². The first-order valence-corrected chi connectivity index (χ1v) is 5.13. The van der Waals surface area contributed by atoms with Crippen molar-refractivity contribution in [2.75, 3.05) is 26.0 Å². The Kier molecular flexibility index (Phi) is 4.29. The van der Waals surface area contributed by atoms with E-state index in [1.807, 2.05) is 14.1 Å². The average molecular weight is 211 g/mol. The number of nitrogens with one attached hydrogen (secondary N) is 1. The Balaban J connectivity index is 2.40. The fraction of sp³-hybridized carbons (Fsp3) is 0.625. The largest absolute Gasteiger partial charge is 0.363 e. The van der Waals surface area contributed by atoms with Gasteiger partial charge in [-0.1, -0.05) is 11.3 Å². The molecule has 1 N–H and O–H groups in total. The smallest absolute Gasteiger partial charge is 0.205 e. The van der Waals surface area contributed by atoms with Crippen LogP contribution in [-0.2, 0) is 6.54 Å². The number of nitriles is 1. The third-order valence-corrected chi connectivity index (χ3v) is 2.62. The van der Waals surface area contributed by atoms with Crippen molar-refractivity contribution in [2.24, 2.45) is 0 Å². The molecule has 14 heavy (non-hydrogen) atoms. The van der Waals surface area contributed by atoms with Crippen LogP contribution in [0.15, 0.2) is 0 Å². The number of hydrogen-bond acceptors (Lipinski definition) is 6. The zero-order chi connectivity index (χ0) is 10.4. The molecule has 0 spiro atoms. The topological polar surface area (TPSA) is 64.8 Å². The van der Waals surface area contributed by atoms with Crippen molar-refractivity contribution in [2.45, 2.75) is 13.0 Å². The van der Waals surface area contributed by atoms with Gasteiger partial charge >= 0.3 is 0 Å². The minimum Gasteiger partial charge on any atom is -0.363 e. The second-order valence-corrected chi connectivity index (χ2v) is 3.96. The number of hydrogen-bond donors (Lipinski definition) is 1. The van der Waals surface area contributed by atoms with Gasteiger partial charge in [0.2, 0.25) is 5.13 Å². The van der Waals surface area contributed by atoms with Crippen LogP contribution in [0.25, 0.3) is 0 Å². The van der Waals surface area contributed by atoms with E-state index in [0.29, 0.717) is 6.42 Å². The fourth-order valence-electron chi connectivity index (χ4n) is 0.969. The minimum absolute atomic E-state index is 0.550. The monoisotopic (exact) mass is 211 g/mol. The van der Waals surface area contributed by atoms with Crippen LogP contribution in [0.3, 0.4) is 0 Å². The molecule has 5 nitrogen and oxygen atoms in total. The summed E-state index contributed by atoms with van der Waals surface area (Å²) in [6.07, 6.45) is 0.550. The molecule has 76 valence electrons. The van der Waals surface area contributed by atoms with Crippen LogP contribution in [0.1, 0.15) is 11.4 Å². The molecule has 0 saturated heterocycles. The van der Waals surface area contributed by atoms with Crippen LogP contribution < -0.4 is 5.32 Å². The number of aromatic nitrogens is 2. The average Bonchev–Trinajstić information content (AvgIpc) is 2.62. The highest BCUT2D eigenvalue weighted by Gasteiger charge is 2.05. The molecule has 0 radical (unpaired) electrons. The normalized spacial score (nSPS) is 10.1. The first-order valence-electron chi connectivity index (χ1n) is 4.32. The van der Waals surface area contributed by atoms with Crippen molar-refractivity contribution in [1.29, 1.82) is 5.26 Å². The summed E-state index contributed by atoms with van der Waals surface area (Å²) < 4.78 is 0. The lowest BCUT2D eigenvalue weighted by Gasteiger charge is -2.11. The lowest BCUT2D eigenvalue weighted by Crippen LogP contribution is -2.18. The molecule has 0 fully saturated rings. The molecule has 0 unspecified atom stereocenters. The van der Waals surface area contributed by atoms with Gasteiger partial charge in [-0.15, -0.1) is 10.2 Å². The van der Waals surface area contributed by atoms with E-state index in [1.165, 1.54) is 11.3 Å². The van der Waals surface area contributed by atoms with Crippen LogP contribution in [0.5, 0.6) is 0 Å². The van der Waals surface area contributed by atoms with Crippen molar-refractivity contribution in [3.63, 3.8) is 0 Å². The van der Waals surface area contributed by atoms with E-state index in [1.54, 1.807) is 0 Å². The van der Waals surface area contributed by atoms with Gasteiger partial charge in [-0.3, -0.25) is 4.90 Å². The predicted octanol–water partition coefficient (Wildman–Crippen LogP) is 0.925. The highest BCUT2D eigenvalue weighted by molar-refractivity contribution is 7.15. The molecule has 0 saturated carbocycles. The molecular formula is C8H13N5S. The maximum Gasteiger partial charge on any atom is 0.205 e. The number of anilines is 1. The Morgan fingerprint density at radius 2 is 2.36 bits per heavy atom. The molecule has 6 heteroatoms. The van der Waals surface area contributed by atoms with Gasteiger partial charge in [-0.2, -0.15) is 5.26 Å². The second-order valence-electron chi connectivity index (χ2n) is 2.90. The van der Waals surface area contributed by atoms with Gasteiger partial charge in [0.05, 0.1) is 12.6 Å². The molecular weight excluding hydrogens is 198 g/mol. The molecule has 1 aromatic heterocycles. The third kappa shape index (κ3) is 3.28. The van der Waals surface area contributed by atoms with E-state index in [-0.39, 0.29) is 0 Å². The van der Waals surface area contributed by atoms with Gasteiger partial charge in [0, 0.05) is 20.0 Å². The van der Waals surface area contributed by atoms with E-state index < -0.39 is 0 Å². The highest BCUT2D eigenvalue weighted by atomic mass is 32.1. The Bertz CT molecular complexity index is 316. The standard InChI is InChI=1S/C8H13N5S/c1-10-8-12-11-7(14-8)6-13(2)5-3-4-9/h3,5-6H2,1-2H3,(H,10,12). The highest BCUT2D eigenvalue weighted by Crippen LogP contribution is 2.15. The summed E-state index contributed by atoms with van der Waals surface area (Å²) in [4.78, 5) is 2.06. The summed E-state index contributed by atoms with van der Waals surface area (Å²) >= 11 is 1.54. The van der Waals surface area contributed by atoms with E-state index in [9.17, 15) is 0 Å². The second kappa shape index (κ2) is 5.52. The van der Waals surface area contributed by atoms with Gasteiger partial charge in [-0.05, 0) is 7.05 Å². The van der Waals surface area contributed by atoms with Crippen LogP contribution in [0.2, 0.25) is 0 Å². The number of rotatable bonds is 5. The zero-order valence-corrected chi connectivity index (χ0v) is 9.13. The zero-order valence-electron chi connectivity index (χ0n) is 8.32. The summed E-state index contributed by atoms with van der Waals surface area (Å²) in [5, 5.41) is 21.1. The molecule has 1 heterocycles. The molecule has 0 atom stereocenters. The van der Waals surface area contributed by atoms with Crippen LogP contribution in [0.4, 0.5) is 5.13 Å². The predicted molar refractivity (Wildman–Crippen MR) is 56.0 cm³/mol. The molecule has 0 aliphatic carbocycles. The summed E-state index contributed by atoms with van der Waals surface area (Å²) in [7, 11) is 3.79. The molecule has 0 aromatic carbocycles. The molecule has 0 aliphatic heterocycles. The lowest BCUT2D eigenvalue weighted by molar-refractivity contribution is 0.333. The van der Waals surface area contributed by atoms with E-state index in [2.05, 4.69) is 26.5 Å². The van der Waals surface area contributed by atoms with Gasteiger partial charge in [0.1, 0.15) is 5.01 Å². The van der Waals surface area contributed by atoms with Crippen molar-refractivity contribution >= 4 is 16.5 Å². The Morgan fingerprint density at radius 3 is 2.93 bits per heavy atom. The molecule has 0 amide bonds. The fourth-order valence-corrected chi connectivity index (χ4v) is 1.74. The Labute approximate surface area is 87.4 Å². The van der Waals surface area contributed by atoms with E-state index in [4.69, 9.17) is 5.26 Å². The molecule has 1 aromatic rings. The van der Waals surface area contributed by atoms with Crippen LogP contribution >= 0.6 is 11.3 Å². The Hall–Kier alpha value is -1.19. The molecule has 0 aliphatic rings. The van der Waals surface area contributed by atoms with Gasteiger partial charge < -0.3 is 5.32 Å². The van der Waals surface area contributed by atoms with Crippen molar-refractivity contribution in [3.05, 3.63) is 5.01 Å². The third-order valence-electron chi connectivity index (χ3n) is 1.69. The minimum atomic E-state index is 0.550. The lowest BCUT2D eigenvalue weighted by atomic mass is 10.4. The summed E-state index contributed by atoms with van der Waals surface area (Å²) in [5.74, 6) is 0. The van der Waals surface area contributed by atoms with E-state index in [0.717, 1.165) is 23.2 Å². The maximum absolute atomic E-state index is 8.41. The molecule has 0 bridgehead atoms. The SMILES string of the molecule is CNc1nnc(CN(C)CCC#N)s1.